The normalized spacial score (nSPS) is 18.2. The third-order valence-corrected chi connectivity index (χ3v) is 6.24. The second-order valence-electron chi connectivity index (χ2n) is 5.62. The van der Waals surface area contributed by atoms with Crippen LogP contribution in [0.2, 0.25) is 0 Å². The summed E-state index contributed by atoms with van der Waals surface area (Å²) < 4.78 is 0. The van der Waals surface area contributed by atoms with E-state index in [4.69, 9.17) is 0 Å². The summed E-state index contributed by atoms with van der Waals surface area (Å²) in [6.07, 6.45) is 3.87. The molecule has 0 N–H and O–H groups in total. The van der Waals surface area contributed by atoms with Gasteiger partial charge < -0.3 is 4.90 Å². The highest BCUT2D eigenvalue weighted by molar-refractivity contribution is 7.12. The molecule has 1 aliphatic heterocycles. The zero-order valence-corrected chi connectivity index (χ0v) is 13.4. The Morgan fingerprint density at radius 2 is 2.05 bits per heavy atom. The van der Waals surface area contributed by atoms with Gasteiger partial charge in [0.15, 0.2) is 0 Å². The molecule has 1 fully saturated rings. The molecule has 0 atom stereocenters. The van der Waals surface area contributed by atoms with Crippen molar-refractivity contribution in [3.63, 3.8) is 0 Å². The number of hydrogen-bond donors (Lipinski definition) is 0. The SMILES string of the molecule is Cc1ccsc1C(=O)N1CCC(C)(c2nccs2)CC1. The van der Waals surface area contributed by atoms with Gasteiger partial charge in [0.2, 0.25) is 0 Å². The molecule has 0 bridgehead atoms. The zero-order chi connectivity index (χ0) is 14.2. The average Bonchev–Trinajstić information content (AvgIpc) is 3.10. The second-order valence-corrected chi connectivity index (χ2v) is 7.43. The highest BCUT2D eigenvalue weighted by Gasteiger charge is 2.35. The third kappa shape index (κ3) is 2.40. The lowest BCUT2D eigenvalue weighted by atomic mass is 9.81. The quantitative estimate of drug-likeness (QED) is 0.847. The number of carbonyl (C=O) groups excluding carboxylic acids is 1. The van der Waals surface area contributed by atoms with Crippen LogP contribution in [0.1, 0.15) is 40.0 Å². The summed E-state index contributed by atoms with van der Waals surface area (Å²) in [7, 11) is 0. The topological polar surface area (TPSA) is 33.2 Å². The molecule has 1 saturated heterocycles. The largest absolute Gasteiger partial charge is 0.338 e. The smallest absolute Gasteiger partial charge is 0.264 e. The molecular formula is C15H18N2OS2. The van der Waals surface area contributed by atoms with Crippen molar-refractivity contribution < 1.29 is 4.79 Å². The van der Waals surface area contributed by atoms with Crippen LogP contribution in [-0.4, -0.2) is 28.9 Å². The lowest BCUT2D eigenvalue weighted by Crippen LogP contribution is -2.43. The Kier molecular flexibility index (Phi) is 3.65. The number of likely N-dealkylation sites (tertiary alicyclic amines) is 1. The van der Waals surface area contributed by atoms with E-state index in [0.29, 0.717) is 0 Å². The van der Waals surface area contributed by atoms with Crippen LogP contribution < -0.4 is 0 Å². The van der Waals surface area contributed by atoms with E-state index in [0.717, 1.165) is 36.4 Å². The van der Waals surface area contributed by atoms with Crippen LogP contribution in [0, 0.1) is 6.92 Å². The van der Waals surface area contributed by atoms with E-state index in [1.807, 2.05) is 34.8 Å². The van der Waals surface area contributed by atoms with Gasteiger partial charge in [-0.05, 0) is 36.8 Å². The summed E-state index contributed by atoms with van der Waals surface area (Å²) in [5.41, 5.74) is 1.23. The molecule has 3 nitrogen and oxygen atoms in total. The monoisotopic (exact) mass is 306 g/mol. The van der Waals surface area contributed by atoms with Gasteiger partial charge in [-0.2, -0.15) is 0 Å². The fourth-order valence-electron chi connectivity index (χ4n) is 2.67. The summed E-state index contributed by atoms with van der Waals surface area (Å²) in [6.45, 7) is 5.93. The predicted octanol–water partition coefficient (Wildman–Crippen LogP) is 3.71. The Labute approximate surface area is 127 Å². The fourth-order valence-corrected chi connectivity index (χ4v) is 4.43. The van der Waals surface area contributed by atoms with Crippen LogP contribution in [0.3, 0.4) is 0 Å². The molecule has 0 aliphatic carbocycles. The van der Waals surface area contributed by atoms with E-state index < -0.39 is 0 Å². The molecule has 5 heteroatoms. The van der Waals surface area contributed by atoms with Gasteiger partial charge in [-0.25, -0.2) is 4.98 Å². The number of hydrogen-bond acceptors (Lipinski definition) is 4. The molecule has 2 aromatic rings. The van der Waals surface area contributed by atoms with Gasteiger partial charge in [-0.1, -0.05) is 6.92 Å². The summed E-state index contributed by atoms with van der Waals surface area (Å²) in [5.74, 6) is 0.193. The summed E-state index contributed by atoms with van der Waals surface area (Å²) in [6, 6.07) is 2.02. The number of amides is 1. The van der Waals surface area contributed by atoms with Gasteiger partial charge in [-0.15, -0.1) is 22.7 Å². The number of thiazole rings is 1. The minimum atomic E-state index is 0.134. The Morgan fingerprint density at radius 1 is 1.30 bits per heavy atom. The van der Waals surface area contributed by atoms with Gasteiger partial charge in [0, 0.05) is 30.1 Å². The fraction of sp³-hybridized carbons (Fsp3) is 0.467. The number of nitrogens with zero attached hydrogens (tertiary/aromatic N) is 2. The average molecular weight is 306 g/mol. The summed E-state index contributed by atoms with van der Waals surface area (Å²) >= 11 is 3.27. The molecule has 0 aromatic carbocycles. The first-order valence-electron chi connectivity index (χ1n) is 6.83. The number of aryl methyl sites for hydroxylation is 1. The van der Waals surface area contributed by atoms with Gasteiger partial charge in [0.25, 0.3) is 5.91 Å². The van der Waals surface area contributed by atoms with Crippen molar-refractivity contribution in [1.29, 1.82) is 0 Å². The molecule has 20 heavy (non-hydrogen) atoms. The molecule has 1 amide bonds. The molecule has 0 unspecified atom stereocenters. The van der Waals surface area contributed by atoms with Crippen molar-refractivity contribution in [3.05, 3.63) is 38.5 Å². The minimum absolute atomic E-state index is 0.134. The van der Waals surface area contributed by atoms with Crippen molar-refractivity contribution in [2.75, 3.05) is 13.1 Å². The summed E-state index contributed by atoms with van der Waals surface area (Å²) in [5, 5.41) is 5.23. The van der Waals surface area contributed by atoms with Crippen molar-refractivity contribution in [3.8, 4) is 0 Å². The molecule has 0 spiro atoms. The lowest BCUT2D eigenvalue weighted by molar-refractivity contribution is 0.0680. The van der Waals surface area contributed by atoms with E-state index >= 15 is 0 Å². The van der Waals surface area contributed by atoms with Crippen molar-refractivity contribution >= 4 is 28.6 Å². The maximum Gasteiger partial charge on any atom is 0.264 e. The molecule has 2 aromatic heterocycles. The molecule has 106 valence electrons. The van der Waals surface area contributed by atoms with E-state index in [9.17, 15) is 4.79 Å². The molecule has 0 radical (unpaired) electrons. The highest BCUT2D eigenvalue weighted by Crippen LogP contribution is 2.36. The van der Waals surface area contributed by atoms with Gasteiger partial charge >= 0.3 is 0 Å². The van der Waals surface area contributed by atoms with E-state index in [-0.39, 0.29) is 11.3 Å². The van der Waals surface area contributed by atoms with Crippen LogP contribution >= 0.6 is 22.7 Å². The Hall–Kier alpha value is -1.20. The maximum atomic E-state index is 12.5. The van der Waals surface area contributed by atoms with Crippen molar-refractivity contribution in [1.82, 2.24) is 9.88 Å². The highest BCUT2D eigenvalue weighted by atomic mass is 32.1. The lowest BCUT2D eigenvalue weighted by Gasteiger charge is -2.38. The van der Waals surface area contributed by atoms with Crippen LogP contribution in [0.15, 0.2) is 23.0 Å². The van der Waals surface area contributed by atoms with Gasteiger partial charge in [0.1, 0.15) is 0 Å². The van der Waals surface area contributed by atoms with Crippen molar-refractivity contribution in [2.45, 2.75) is 32.1 Å². The van der Waals surface area contributed by atoms with Crippen LogP contribution in [-0.2, 0) is 5.41 Å². The number of rotatable bonds is 2. The zero-order valence-electron chi connectivity index (χ0n) is 11.8. The number of thiophene rings is 1. The van der Waals surface area contributed by atoms with Crippen molar-refractivity contribution in [2.24, 2.45) is 0 Å². The Balaban J connectivity index is 1.70. The number of aromatic nitrogens is 1. The first-order chi connectivity index (χ1) is 9.60. The number of carbonyl (C=O) groups is 1. The van der Waals surface area contributed by atoms with E-state index in [1.165, 1.54) is 5.01 Å². The van der Waals surface area contributed by atoms with Crippen LogP contribution in [0.4, 0.5) is 0 Å². The van der Waals surface area contributed by atoms with Crippen LogP contribution in [0.5, 0.6) is 0 Å². The standard InChI is InChI=1S/C15H18N2OS2/c1-11-3-9-19-12(11)13(18)17-7-4-15(2,5-8-17)14-16-6-10-20-14/h3,6,9-10H,4-5,7-8H2,1-2H3. The molecule has 1 aliphatic rings. The third-order valence-electron chi connectivity index (χ3n) is 4.16. The van der Waals surface area contributed by atoms with Gasteiger partial charge in [-0.3, -0.25) is 4.79 Å². The van der Waals surface area contributed by atoms with Gasteiger partial charge in [0.05, 0.1) is 9.88 Å². The Morgan fingerprint density at radius 3 is 2.60 bits per heavy atom. The number of piperidine rings is 1. The van der Waals surface area contributed by atoms with E-state index in [1.54, 1.807) is 22.7 Å². The molecule has 3 heterocycles. The molecule has 3 rings (SSSR count). The second kappa shape index (κ2) is 5.30. The summed E-state index contributed by atoms with van der Waals surface area (Å²) in [4.78, 5) is 19.9. The Bertz CT molecular complexity index is 595. The molecule has 0 saturated carbocycles. The minimum Gasteiger partial charge on any atom is -0.338 e. The predicted molar refractivity (Wildman–Crippen MR) is 83.7 cm³/mol. The maximum absolute atomic E-state index is 12.5. The first-order valence-corrected chi connectivity index (χ1v) is 8.59. The molecular weight excluding hydrogens is 288 g/mol. The van der Waals surface area contributed by atoms with E-state index in [2.05, 4.69) is 11.9 Å². The van der Waals surface area contributed by atoms with Crippen LogP contribution in [0.25, 0.3) is 0 Å². The first kappa shape index (κ1) is 13.8.